The summed E-state index contributed by atoms with van der Waals surface area (Å²) < 4.78 is 4.03. The number of likely N-dealkylation sites (tertiary alicyclic amines) is 1. The quantitative estimate of drug-likeness (QED) is 0.204. The molecule has 1 saturated heterocycles. The third-order valence-electron chi connectivity index (χ3n) is 7.61. The number of hydrogen-bond donors (Lipinski definition) is 0. The number of pyridine rings is 1. The number of aryl methyl sites for hydroxylation is 2. The number of benzene rings is 2. The van der Waals surface area contributed by atoms with Crippen molar-refractivity contribution >= 4 is 11.4 Å². The summed E-state index contributed by atoms with van der Waals surface area (Å²) in [6.45, 7) is 7.55. The molecule has 5 aromatic rings. The van der Waals surface area contributed by atoms with Gasteiger partial charge >= 0.3 is 0 Å². The predicted molar refractivity (Wildman–Crippen MR) is 158 cm³/mol. The van der Waals surface area contributed by atoms with Crippen LogP contribution in [0.15, 0.2) is 79.5 Å². The Hall–Kier alpha value is -4.47. The van der Waals surface area contributed by atoms with E-state index in [9.17, 15) is 4.79 Å². The topological polar surface area (TPSA) is 55.4 Å². The Balaban J connectivity index is 1.18. The summed E-state index contributed by atoms with van der Waals surface area (Å²) >= 11 is 0. The highest BCUT2D eigenvalue weighted by molar-refractivity contribution is 5.98. The number of aromatic nitrogens is 4. The van der Waals surface area contributed by atoms with Crippen molar-refractivity contribution in [1.82, 2.24) is 23.8 Å². The van der Waals surface area contributed by atoms with Crippen molar-refractivity contribution in [3.05, 3.63) is 119 Å². The molecule has 3 aromatic heterocycles. The lowest BCUT2D eigenvalue weighted by Crippen LogP contribution is -2.22. The van der Waals surface area contributed by atoms with Crippen LogP contribution in [0.2, 0.25) is 0 Å². The Bertz CT molecular complexity index is 1740. The number of Topliss-reactive ketones (excluding diaryl/α,β-unsaturated/α-hetero) is 1. The van der Waals surface area contributed by atoms with Gasteiger partial charge in [-0.25, -0.2) is 9.97 Å². The highest BCUT2D eigenvalue weighted by Gasteiger charge is 2.13. The highest BCUT2D eigenvalue weighted by atomic mass is 16.1. The fraction of sp³-hybridized carbons (Fsp3) is 0.265. The minimum Gasteiger partial charge on any atom is -0.306 e. The van der Waals surface area contributed by atoms with Crippen LogP contribution in [-0.2, 0) is 12.8 Å². The Labute approximate surface area is 235 Å². The summed E-state index contributed by atoms with van der Waals surface area (Å²) in [5, 5.41) is 0. The van der Waals surface area contributed by atoms with Crippen LogP contribution in [0.3, 0.4) is 0 Å². The molecule has 0 atom stereocenters. The molecule has 2 aromatic carbocycles. The van der Waals surface area contributed by atoms with Gasteiger partial charge in [0.15, 0.2) is 5.78 Å². The van der Waals surface area contributed by atoms with E-state index in [0.29, 0.717) is 12.0 Å². The summed E-state index contributed by atoms with van der Waals surface area (Å²) in [5.41, 5.74) is 8.48. The smallest absolute Gasteiger partial charge is 0.167 e. The molecule has 0 N–H and O–H groups in total. The molecule has 6 nitrogen and oxygen atoms in total. The van der Waals surface area contributed by atoms with Crippen LogP contribution in [-0.4, -0.2) is 49.3 Å². The molecule has 1 aliphatic heterocycles. The predicted octanol–water partition coefficient (Wildman–Crippen LogP) is 5.60. The minimum atomic E-state index is 0.0753. The van der Waals surface area contributed by atoms with Crippen LogP contribution in [0.25, 0.3) is 11.3 Å². The lowest BCUT2D eigenvalue weighted by molar-refractivity contribution is 0.0993. The third-order valence-corrected chi connectivity index (χ3v) is 7.61. The normalized spacial score (nSPS) is 13.4. The summed E-state index contributed by atoms with van der Waals surface area (Å²) in [7, 11) is 0. The fourth-order valence-corrected chi connectivity index (χ4v) is 5.38. The third kappa shape index (κ3) is 5.75. The SMILES string of the molecule is Cc1cc(CC(=O)c2ccc(C)c(C#Cc3cnc4ccccn34)c2)cc(-n2cnc(CCN3CCCC3)c2)c1. The van der Waals surface area contributed by atoms with E-state index in [-0.39, 0.29) is 5.78 Å². The van der Waals surface area contributed by atoms with Crippen molar-refractivity contribution < 1.29 is 4.79 Å². The van der Waals surface area contributed by atoms with Crippen LogP contribution in [0.1, 0.15) is 56.8 Å². The maximum atomic E-state index is 13.4. The van der Waals surface area contributed by atoms with E-state index in [1.807, 2.05) is 60.2 Å². The molecular formula is C34H33N5O. The summed E-state index contributed by atoms with van der Waals surface area (Å²) in [6.07, 6.45) is 11.6. The molecule has 0 unspecified atom stereocenters. The van der Waals surface area contributed by atoms with Crippen LogP contribution < -0.4 is 0 Å². The Morgan fingerprint density at radius 3 is 2.73 bits per heavy atom. The van der Waals surface area contributed by atoms with Crippen LogP contribution >= 0.6 is 0 Å². The van der Waals surface area contributed by atoms with E-state index in [1.54, 1.807) is 6.20 Å². The number of imidazole rings is 2. The van der Waals surface area contributed by atoms with E-state index in [2.05, 4.69) is 62.6 Å². The van der Waals surface area contributed by atoms with Gasteiger partial charge in [0.1, 0.15) is 11.3 Å². The monoisotopic (exact) mass is 527 g/mol. The molecule has 0 spiro atoms. The van der Waals surface area contributed by atoms with Gasteiger partial charge in [0.2, 0.25) is 0 Å². The second kappa shape index (κ2) is 11.3. The first-order valence-corrected chi connectivity index (χ1v) is 14.0. The van der Waals surface area contributed by atoms with E-state index in [4.69, 9.17) is 0 Å². The molecule has 6 rings (SSSR count). The average Bonchev–Trinajstić information content (AvgIpc) is 3.73. The van der Waals surface area contributed by atoms with E-state index in [1.165, 1.54) is 25.9 Å². The van der Waals surface area contributed by atoms with Gasteiger partial charge in [-0.3, -0.25) is 9.20 Å². The van der Waals surface area contributed by atoms with E-state index in [0.717, 1.165) is 57.9 Å². The molecule has 0 bridgehead atoms. The largest absolute Gasteiger partial charge is 0.306 e. The van der Waals surface area contributed by atoms with Gasteiger partial charge in [0.25, 0.3) is 0 Å². The Morgan fingerprint density at radius 1 is 0.975 bits per heavy atom. The molecule has 1 aliphatic rings. The molecule has 6 heteroatoms. The van der Waals surface area contributed by atoms with Crippen LogP contribution in [0.4, 0.5) is 0 Å². The number of hydrogen-bond acceptors (Lipinski definition) is 4. The second-order valence-electron chi connectivity index (χ2n) is 10.7. The van der Waals surface area contributed by atoms with Crippen molar-refractivity contribution in [2.75, 3.05) is 19.6 Å². The number of nitrogens with zero attached hydrogens (tertiary/aromatic N) is 5. The first-order valence-electron chi connectivity index (χ1n) is 14.0. The van der Waals surface area contributed by atoms with Gasteiger partial charge < -0.3 is 9.47 Å². The molecule has 0 radical (unpaired) electrons. The zero-order chi connectivity index (χ0) is 27.5. The maximum Gasteiger partial charge on any atom is 0.167 e. The molecule has 0 amide bonds. The first-order chi connectivity index (χ1) is 19.5. The number of rotatable bonds is 7. The summed E-state index contributed by atoms with van der Waals surface area (Å²) in [4.78, 5) is 24.9. The molecule has 0 aliphatic carbocycles. The van der Waals surface area contributed by atoms with Crippen molar-refractivity contribution in [2.45, 2.75) is 39.5 Å². The van der Waals surface area contributed by atoms with Gasteiger partial charge in [0.05, 0.1) is 18.2 Å². The molecule has 200 valence electrons. The van der Waals surface area contributed by atoms with Crippen molar-refractivity contribution in [2.24, 2.45) is 0 Å². The first kappa shape index (κ1) is 25.8. The van der Waals surface area contributed by atoms with Crippen molar-refractivity contribution in [3.8, 4) is 17.5 Å². The second-order valence-corrected chi connectivity index (χ2v) is 10.7. The number of ketones is 1. The summed E-state index contributed by atoms with van der Waals surface area (Å²) in [5.74, 6) is 6.56. The molecule has 1 fully saturated rings. The highest BCUT2D eigenvalue weighted by Crippen LogP contribution is 2.19. The van der Waals surface area contributed by atoms with Gasteiger partial charge in [-0.1, -0.05) is 30.2 Å². The standard InChI is InChI=1S/C34H33N5O/c1-25-17-27(19-32(18-25)38-23-30(36-24-38)12-16-37-13-5-6-14-37)20-33(40)29-9-8-26(2)28(21-29)10-11-31-22-35-34-7-3-4-15-39(31)34/h3-4,7-9,15,17-19,21-24H,5-6,12-14,16,20H2,1-2H3. The van der Waals surface area contributed by atoms with Gasteiger partial charge in [-0.05, 0) is 92.7 Å². The Morgan fingerprint density at radius 2 is 1.85 bits per heavy atom. The zero-order valence-electron chi connectivity index (χ0n) is 23.1. The maximum absolute atomic E-state index is 13.4. The summed E-state index contributed by atoms with van der Waals surface area (Å²) in [6, 6.07) is 18.0. The number of carbonyl (C=O) groups excluding carboxylic acids is 1. The van der Waals surface area contributed by atoms with Crippen LogP contribution in [0.5, 0.6) is 0 Å². The van der Waals surface area contributed by atoms with Gasteiger partial charge in [-0.2, -0.15) is 0 Å². The van der Waals surface area contributed by atoms with Crippen molar-refractivity contribution in [3.63, 3.8) is 0 Å². The van der Waals surface area contributed by atoms with E-state index >= 15 is 0 Å². The lowest BCUT2D eigenvalue weighted by Gasteiger charge is -2.12. The minimum absolute atomic E-state index is 0.0753. The van der Waals surface area contributed by atoms with Crippen molar-refractivity contribution in [1.29, 1.82) is 0 Å². The van der Waals surface area contributed by atoms with Gasteiger partial charge in [0, 0.05) is 48.6 Å². The average molecular weight is 528 g/mol. The molecular weight excluding hydrogens is 494 g/mol. The number of fused-ring (bicyclic) bond motifs is 1. The van der Waals surface area contributed by atoms with Gasteiger partial charge in [-0.15, -0.1) is 0 Å². The van der Waals surface area contributed by atoms with E-state index < -0.39 is 0 Å². The molecule has 4 heterocycles. The number of carbonyl (C=O) groups is 1. The fourth-order valence-electron chi connectivity index (χ4n) is 5.38. The zero-order valence-corrected chi connectivity index (χ0v) is 23.1. The molecule has 40 heavy (non-hydrogen) atoms. The van der Waals surface area contributed by atoms with Crippen LogP contribution in [0, 0.1) is 25.7 Å². The Kier molecular flexibility index (Phi) is 7.31. The lowest BCUT2D eigenvalue weighted by atomic mass is 9.98. The molecule has 0 saturated carbocycles.